The molecule has 0 amide bonds. The highest BCUT2D eigenvalue weighted by atomic mass is 79.9. The van der Waals surface area contributed by atoms with Crippen molar-refractivity contribution in [3.8, 4) is 11.5 Å². The molecule has 0 bridgehead atoms. The normalized spacial score (nSPS) is 12.1. The summed E-state index contributed by atoms with van der Waals surface area (Å²) in [4.78, 5) is 11.4. The van der Waals surface area contributed by atoms with Gasteiger partial charge in [0.1, 0.15) is 6.04 Å². The summed E-state index contributed by atoms with van der Waals surface area (Å²) >= 11 is 6.42. The summed E-state index contributed by atoms with van der Waals surface area (Å²) in [5, 5.41) is 9.72. The second-order valence-electron chi connectivity index (χ2n) is 3.15. The Labute approximate surface area is 115 Å². The number of phenols is 1. The molecule has 0 heterocycles. The molecule has 0 aliphatic carbocycles. The molecule has 0 saturated carbocycles. The van der Waals surface area contributed by atoms with Crippen LogP contribution in [-0.4, -0.2) is 25.3 Å². The molecule has 7 heteroatoms. The van der Waals surface area contributed by atoms with Gasteiger partial charge in [-0.2, -0.15) is 0 Å². The van der Waals surface area contributed by atoms with Crippen molar-refractivity contribution in [2.45, 2.75) is 6.04 Å². The number of rotatable bonds is 3. The molecule has 0 unspecified atom stereocenters. The minimum atomic E-state index is -0.958. The zero-order valence-corrected chi connectivity index (χ0v) is 12.3. The largest absolute Gasteiger partial charge is 0.503 e. The van der Waals surface area contributed by atoms with Crippen LogP contribution in [0.15, 0.2) is 15.0 Å². The standard InChI is InChI=1S/C10H11Br2NO4/c1-16-5-3-4(8(13)10(15)17-2)6(11)7(12)9(5)14/h3,8,14H,13H2,1-2H3/t8-/m0/s1. The van der Waals surface area contributed by atoms with Gasteiger partial charge in [-0.1, -0.05) is 0 Å². The number of methoxy groups -OCH3 is 2. The van der Waals surface area contributed by atoms with Crippen molar-refractivity contribution >= 4 is 37.8 Å². The fourth-order valence-electron chi connectivity index (χ4n) is 1.25. The lowest BCUT2D eigenvalue weighted by Gasteiger charge is -2.15. The number of halogens is 2. The van der Waals surface area contributed by atoms with Gasteiger partial charge in [0.2, 0.25) is 0 Å². The van der Waals surface area contributed by atoms with E-state index in [4.69, 9.17) is 10.5 Å². The van der Waals surface area contributed by atoms with Crippen LogP contribution in [0.2, 0.25) is 0 Å². The molecule has 0 spiro atoms. The molecule has 0 saturated heterocycles. The van der Waals surface area contributed by atoms with E-state index in [1.807, 2.05) is 0 Å². The van der Waals surface area contributed by atoms with Gasteiger partial charge in [-0.05, 0) is 43.5 Å². The number of aromatic hydroxyl groups is 1. The lowest BCUT2D eigenvalue weighted by Crippen LogP contribution is -2.23. The Balaban J connectivity index is 3.34. The molecule has 3 N–H and O–H groups in total. The number of esters is 1. The molecular weight excluding hydrogens is 358 g/mol. The third-order valence-electron chi connectivity index (χ3n) is 2.18. The summed E-state index contributed by atoms with van der Waals surface area (Å²) in [6.45, 7) is 0. The van der Waals surface area contributed by atoms with Gasteiger partial charge in [-0.15, -0.1) is 0 Å². The minimum Gasteiger partial charge on any atom is -0.503 e. The van der Waals surface area contributed by atoms with Crippen molar-refractivity contribution in [2.75, 3.05) is 14.2 Å². The number of phenolic OH excluding ortho intramolecular Hbond substituents is 1. The number of nitrogens with two attached hydrogens (primary N) is 1. The number of ether oxygens (including phenoxy) is 2. The van der Waals surface area contributed by atoms with Gasteiger partial charge in [0.15, 0.2) is 11.5 Å². The van der Waals surface area contributed by atoms with Gasteiger partial charge >= 0.3 is 5.97 Å². The van der Waals surface area contributed by atoms with Crippen LogP contribution in [0.5, 0.6) is 11.5 Å². The molecule has 0 aliphatic heterocycles. The molecule has 5 nitrogen and oxygen atoms in total. The van der Waals surface area contributed by atoms with E-state index in [1.165, 1.54) is 20.3 Å². The zero-order chi connectivity index (χ0) is 13.2. The second-order valence-corrected chi connectivity index (χ2v) is 4.73. The van der Waals surface area contributed by atoms with Gasteiger partial charge in [0, 0.05) is 4.47 Å². The number of hydrogen-bond acceptors (Lipinski definition) is 5. The number of benzene rings is 1. The molecule has 1 atom stereocenters. The van der Waals surface area contributed by atoms with E-state index in [1.54, 1.807) is 0 Å². The third kappa shape index (κ3) is 2.72. The number of hydrogen-bond donors (Lipinski definition) is 2. The van der Waals surface area contributed by atoms with Crippen LogP contribution in [0.4, 0.5) is 0 Å². The monoisotopic (exact) mass is 367 g/mol. The predicted octanol–water partition coefficient (Wildman–Crippen LogP) is 2.10. The SMILES string of the molecule is COC(=O)[C@@H](N)c1cc(OC)c(O)c(Br)c1Br. The van der Waals surface area contributed by atoms with E-state index < -0.39 is 12.0 Å². The molecule has 1 rings (SSSR count). The van der Waals surface area contributed by atoms with Gasteiger partial charge in [0.25, 0.3) is 0 Å². The molecule has 0 fully saturated rings. The Kier molecular flexibility index (Phi) is 4.79. The maximum Gasteiger partial charge on any atom is 0.327 e. The Hall–Kier alpha value is -0.790. The maximum atomic E-state index is 11.4. The fraction of sp³-hybridized carbons (Fsp3) is 0.300. The highest BCUT2D eigenvalue weighted by molar-refractivity contribution is 9.13. The smallest absolute Gasteiger partial charge is 0.327 e. The summed E-state index contributed by atoms with van der Waals surface area (Å²) in [5.41, 5.74) is 6.19. The average molecular weight is 369 g/mol. The number of carbonyl (C=O) groups excluding carboxylic acids is 1. The van der Waals surface area contributed by atoms with E-state index in [9.17, 15) is 9.90 Å². The van der Waals surface area contributed by atoms with Gasteiger partial charge in [-0.3, -0.25) is 4.79 Å². The highest BCUT2D eigenvalue weighted by Crippen LogP contribution is 2.43. The molecule has 0 radical (unpaired) electrons. The lowest BCUT2D eigenvalue weighted by molar-refractivity contribution is -0.142. The van der Waals surface area contributed by atoms with Crippen LogP contribution in [0.3, 0.4) is 0 Å². The second kappa shape index (κ2) is 5.70. The van der Waals surface area contributed by atoms with Gasteiger partial charge in [0.05, 0.1) is 18.7 Å². The fourth-order valence-corrected chi connectivity index (χ4v) is 2.22. The zero-order valence-electron chi connectivity index (χ0n) is 9.16. The summed E-state index contributed by atoms with van der Waals surface area (Å²) in [6.07, 6.45) is 0. The third-order valence-corrected chi connectivity index (χ3v) is 4.34. The van der Waals surface area contributed by atoms with Crippen molar-refractivity contribution in [3.05, 3.63) is 20.6 Å². The van der Waals surface area contributed by atoms with E-state index in [0.29, 0.717) is 14.5 Å². The van der Waals surface area contributed by atoms with Crippen molar-refractivity contribution in [2.24, 2.45) is 5.73 Å². The molecule has 17 heavy (non-hydrogen) atoms. The number of carbonyl (C=O) groups is 1. The first kappa shape index (κ1) is 14.3. The van der Waals surface area contributed by atoms with Crippen molar-refractivity contribution in [1.82, 2.24) is 0 Å². The Morgan fingerprint density at radius 1 is 1.41 bits per heavy atom. The Morgan fingerprint density at radius 3 is 2.47 bits per heavy atom. The Morgan fingerprint density at radius 2 is 2.00 bits per heavy atom. The quantitative estimate of drug-likeness (QED) is 0.798. The molecule has 94 valence electrons. The van der Waals surface area contributed by atoms with E-state index in [2.05, 4.69) is 36.6 Å². The summed E-state index contributed by atoms with van der Waals surface area (Å²) in [7, 11) is 2.66. The molecule has 1 aromatic carbocycles. The van der Waals surface area contributed by atoms with Crippen LogP contribution in [0.1, 0.15) is 11.6 Å². The maximum absolute atomic E-state index is 11.4. The highest BCUT2D eigenvalue weighted by Gasteiger charge is 2.24. The summed E-state index contributed by atoms with van der Waals surface area (Å²) < 4.78 is 10.4. The molecule has 1 aromatic rings. The van der Waals surface area contributed by atoms with E-state index in [-0.39, 0.29) is 11.5 Å². The van der Waals surface area contributed by atoms with E-state index >= 15 is 0 Å². The predicted molar refractivity (Wildman–Crippen MR) is 69.0 cm³/mol. The minimum absolute atomic E-state index is 0.0693. The van der Waals surface area contributed by atoms with Gasteiger partial charge in [-0.25, -0.2) is 0 Å². The first-order chi connectivity index (χ1) is 7.93. The first-order valence-corrected chi connectivity index (χ1v) is 6.10. The van der Waals surface area contributed by atoms with Crippen molar-refractivity contribution < 1.29 is 19.4 Å². The molecule has 0 aliphatic rings. The van der Waals surface area contributed by atoms with Gasteiger partial charge < -0.3 is 20.3 Å². The lowest BCUT2D eigenvalue weighted by atomic mass is 10.1. The topological polar surface area (TPSA) is 81.8 Å². The summed E-state index contributed by atoms with van der Waals surface area (Å²) in [5.74, 6) is -0.431. The van der Waals surface area contributed by atoms with Crippen molar-refractivity contribution in [1.29, 1.82) is 0 Å². The van der Waals surface area contributed by atoms with Crippen molar-refractivity contribution in [3.63, 3.8) is 0 Å². The Bertz CT molecular complexity index is 450. The summed E-state index contributed by atoms with van der Waals surface area (Å²) in [6, 6.07) is 0.520. The van der Waals surface area contributed by atoms with Crippen LogP contribution < -0.4 is 10.5 Å². The van der Waals surface area contributed by atoms with Crippen LogP contribution in [0.25, 0.3) is 0 Å². The van der Waals surface area contributed by atoms with E-state index in [0.717, 1.165) is 0 Å². The first-order valence-electron chi connectivity index (χ1n) is 4.52. The van der Waals surface area contributed by atoms with Crippen LogP contribution in [0, 0.1) is 0 Å². The average Bonchev–Trinajstić information content (AvgIpc) is 2.34. The molecule has 0 aromatic heterocycles. The molecular formula is C10H11Br2NO4. The van der Waals surface area contributed by atoms with Crippen LogP contribution >= 0.6 is 31.9 Å². The van der Waals surface area contributed by atoms with Crippen LogP contribution in [-0.2, 0) is 9.53 Å².